The molecule has 0 aliphatic carbocycles. The number of hydrogen-bond acceptors (Lipinski definition) is 5. The van der Waals surface area contributed by atoms with E-state index in [0.717, 1.165) is 56.3 Å². The molecule has 4 heterocycles. The van der Waals surface area contributed by atoms with E-state index in [4.69, 9.17) is 0 Å². The van der Waals surface area contributed by atoms with Gasteiger partial charge in [-0.15, -0.1) is 15.3 Å². The summed E-state index contributed by atoms with van der Waals surface area (Å²) in [5.74, 6) is 2.10. The second-order valence-corrected chi connectivity index (χ2v) is 5.84. The van der Waals surface area contributed by atoms with Crippen molar-refractivity contribution < 1.29 is 4.79 Å². The van der Waals surface area contributed by atoms with Crippen LogP contribution >= 0.6 is 0 Å². The molecule has 2 aliphatic rings. The van der Waals surface area contributed by atoms with Gasteiger partial charge in [-0.1, -0.05) is 0 Å². The predicted molar refractivity (Wildman–Crippen MR) is 77.0 cm³/mol. The second-order valence-electron chi connectivity index (χ2n) is 5.84. The van der Waals surface area contributed by atoms with Crippen LogP contribution in [0.15, 0.2) is 12.1 Å². The summed E-state index contributed by atoms with van der Waals surface area (Å²) in [7, 11) is 0. The van der Waals surface area contributed by atoms with Crippen LogP contribution in [0.25, 0.3) is 5.65 Å². The summed E-state index contributed by atoms with van der Waals surface area (Å²) in [6, 6.07) is 3.86. The molecule has 21 heavy (non-hydrogen) atoms. The van der Waals surface area contributed by atoms with E-state index in [9.17, 15) is 4.79 Å². The zero-order valence-electron chi connectivity index (χ0n) is 12.1. The molecule has 2 saturated heterocycles. The zero-order valence-corrected chi connectivity index (χ0v) is 12.1. The first kappa shape index (κ1) is 12.6. The highest BCUT2D eigenvalue weighted by molar-refractivity contribution is 5.82. The minimum atomic E-state index is 0.127. The van der Waals surface area contributed by atoms with Crippen LogP contribution in [0.4, 0.5) is 5.82 Å². The Morgan fingerprint density at radius 3 is 2.71 bits per heavy atom. The van der Waals surface area contributed by atoms with Gasteiger partial charge >= 0.3 is 0 Å². The summed E-state index contributed by atoms with van der Waals surface area (Å²) in [6.07, 6.45) is 2.29. The molecular weight excluding hydrogens is 268 g/mol. The van der Waals surface area contributed by atoms with Gasteiger partial charge in [-0.25, -0.2) is 0 Å². The molecular formula is C14H18N6O. The summed E-state index contributed by atoms with van der Waals surface area (Å²) in [4.78, 5) is 16.4. The summed E-state index contributed by atoms with van der Waals surface area (Å²) in [5, 5.41) is 12.6. The largest absolute Gasteiger partial charge is 0.353 e. The van der Waals surface area contributed by atoms with Gasteiger partial charge < -0.3 is 9.80 Å². The molecule has 4 rings (SSSR count). The highest BCUT2D eigenvalue weighted by Crippen LogP contribution is 2.25. The molecule has 2 aromatic rings. The predicted octanol–water partition coefficient (Wildman–Crippen LogP) is 0.491. The van der Waals surface area contributed by atoms with Crippen molar-refractivity contribution in [2.75, 3.05) is 31.1 Å². The third-order valence-corrected chi connectivity index (χ3v) is 4.38. The standard InChI is InChI=1S/C14H18N6O/c1-10-15-16-12-4-5-13(17-20(10)12)19-8-11(9-19)14(21)18-6-2-3-7-18/h4-5,11H,2-3,6-9H2,1H3. The van der Waals surface area contributed by atoms with E-state index >= 15 is 0 Å². The zero-order chi connectivity index (χ0) is 14.4. The first-order chi connectivity index (χ1) is 10.2. The fraction of sp³-hybridized carbons (Fsp3) is 0.571. The van der Waals surface area contributed by atoms with Crippen LogP contribution in [-0.4, -0.2) is 56.8 Å². The minimum absolute atomic E-state index is 0.127. The quantitative estimate of drug-likeness (QED) is 0.804. The lowest BCUT2D eigenvalue weighted by atomic mass is 9.98. The van der Waals surface area contributed by atoms with Crippen LogP contribution in [0, 0.1) is 12.8 Å². The summed E-state index contributed by atoms with van der Waals surface area (Å²) in [5.41, 5.74) is 0.751. The Morgan fingerprint density at radius 1 is 1.19 bits per heavy atom. The van der Waals surface area contributed by atoms with E-state index in [1.165, 1.54) is 0 Å². The number of aromatic nitrogens is 4. The van der Waals surface area contributed by atoms with Crippen LogP contribution in [0.2, 0.25) is 0 Å². The highest BCUT2D eigenvalue weighted by Gasteiger charge is 2.36. The molecule has 2 aliphatic heterocycles. The van der Waals surface area contributed by atoms with Crippen molar-refractivity contribution in [3.8, 4) is 0 Å². The van der Waals surface area contributed by atoms with Crippen LogP contribution in [-0.2, 0) is 4.79 Å². The molecule has 0 atom stereocenters. The minimum Gasteiger partial charge on any atom is -0.353 e. The molecule has 0 radical (unpaired) electrons. The van der Waals surface area contributed by atoms with E-state index in [0.29, 0.717) is 5.91 Å². The normalized spacial score (nSPS) is 19.3. The van der Waals surface area contributed by atoms with Crippen LogP contribution < -0.4 is 4.90 Å². The molecule has 2 aromatic heterocycles. The average Bonchev–Trinajstić information content (AvgIpc) is 3.08. The fourth-order valence-electron chi connectivity index (χ4n) is 3.07. The molecule has 0 unspecified atom stereocenters. The Balaban J connectivity index is 1.46. The molecule has 2 fully saturated rings. The second kappa shape index (κ2) is 4.68. The Labute approximate surface area is 122 Å². The van der Waals surface area contributed by atoms with E-state index < -0.39 is 0 Å². The van der Waals surface area contributed by atoms with Gasteiger partial charge in [0.05, 0.1) is 5.92 Å². The van der Waals surface area contributed by atoms with Crippen LogP contribution in [0.3, 0.4) is 0 Å². The summed E-state index contributed by atoms with van der Waals surface area (Å²) < 4.78 is 1.74. The van der Waals surface area contributed by atoms with Gasteiger partial charge in [-0.3, -0.25) is 4.79 Å². The van der Waals surface area contributed by atoms with Gasteiger partial charge in [0.25, 0.3) is 0 Å². The number of nitrogens with zero attached hydrogens (tertiary/aromatic N) is 6. The number of carbonyl (C=O) groups is 1. The van der Waals surface area contributed by atoms with Gasteiger partial charge in [0.2, 0.25) is 5.91 Å². The molecule has 0 spiro atoms. The van der Waals surface area contributed by atoms with Crippen molar-refractivity contribution in [2.45, 2.75) is 19.8 Å². The number of amides is 1. The lowest BCUT2D eigenvalue weighted by molar-refractivity contribution is -0.135. The molecule has 0 bridgehead atoms. The number of rotatable bonds is 2. The number of likely N-dealkylation sites (tertiary alicyclic amines) is 1. The SMILES string of the molecule is Cc1nnc2ccc(N3CC(C(=O)N4CCCC4)C3)nn12. The monoisotopic (exact) mass is 286 g/mol. The third kappa shape index (κ3) is 2.03. The van der Waals surface area contributed by atoms with E-state index in [1.807, 2.05) is 24.0 Å². The smallest absolute Gasteiger partial charge is 0.229 e. The third-order valence-electron chi connectivity index (χ3n) is 4.38. The van der Waals surface area contributed by atoms with Crippen molar-refractivity contribution in [1.29, 1.82) is 0 Å². The first-order valence-corrected chi connectivity index (χ1v) is 7.45. The Bertz CT molecular complexity index is 684. The van der Waals surface area contributed by atoms with Crippen molar-refractivity contribution in [3.05, 3.63) is 18.0 Å². The first-order valence-electron chi connectivity index (χ1n) is 7.45. The van der Waals surface area contributed by atoms with Gasteiger partial charge in [0.15, 0.2) is 11.5 Å². The molecule has 7 heteroatoms. The van der Waals surface area contributed by atoms with E-state index in [-0.39, 0.29) is 5.92 Å². The Hall–Kier alpha value is -2.18. The number of fused-ring (bicyclic) bond motifs is 1. The average molecular weight is 286 g/mol. The maximum Gasteiger partial charge on any atom is 0.229 e. The number of carbonyl (C=O) groups excluding carboxylic acids is 1. The van der Waals surface area contributed by atoms with Gasteiger partial charge in [0.1, 0.15) is 5.82 Å². The summed E-state index contributed by atoms with van der Waals surface area (Å²) in [6.45, 7) is 5.26. The van der Waals surface area contributed by atoms with Crippen LogP contribution in [0.5, 0.6) is 0 Å². The topological polar surface area (TPSA) is 66.6 Å². The molecule has 1 amide bonds. The molecule has 7 nitrogen and oxygen atoms in total. The molecule has 0 saturated carbocycles. The highest BCUT2D eigenvalue weighted by atomic mass is 16.2. The van der Waals surface area contributed by atoms with E-state index in [2.05, 4.69) is 20.2 Å². The van der Waals surface area contributed by atoms with Crippen molar-refractivity contribution in [3.63, 3.8) is 0 Å². The van der Waals surface area contributed by atoms with E-state index in [1.54, 1.807) is 4.52 Å². The lowest BCUT2D eigenvalue weighted by Gasteiger charge is -2.40. The van der Waals surface area contributed by atoms with Crippen LogP contribution in [0.1, 0.15) is 18.7 Å². The lowest BCUT2D eigenvalue weighted by Crippen LogP contribution is -2.54. The molecule has 0 N–H and O–H groups in total. The van der Waals surface area contributed by atoms with Gasteiger partial charge in [-0.2, -0.15) is 4.52 Å². The number of anilines is 1. The Morgan fingerprint density at radius 2 is 1.95 bits per heavy atom. The summed E-state index contributed by atoms with van der Waals surface area (Å²) >= 11 is 0. The van der Waals surface area contributed by atoms with Crippen molar-refractivity contribution >= 4 is 17.4 Å². The number of aryl methyl sites for hydroxylation is 1. The molecule has 0 aromatic carbocycles. The maximum atomic E-state index is 12.3. The van der Waals surface area contributed by atoms with Gasteiger partial charge in [-0.05, 0) is 31.9 Å². The van der Waals surface area contributed by atoms with Gasteiger partial charge in [0, 0.05) is 26.2 Å². The molecule has 110 valence electrons. The van der Waals surface area contributed by atoms with Crippen molar-refractivity contribution in [1.82, 2.24) is 24.7 Å². The maximum absolute atomic E-state index is 12.3. The van der Waals surface area contributed by atoms with Crippen molar-refractivity contribution in [2.24, 2.45) is 5.92 Å². The Kier molecular flexibility index (Phi) is 2.80. The number of hydrogen-bond donors (Lipinski definition) is 0. The fourth-order valence-corrected chi connectivity index (χ4v) is 3.07.